The van der Waals surface area contributed by atoms with Crippen LogP contribution >= 0.6 is 0 Å². The van der Waals surface area contributed by atoms with Crippen molar-refractivity contribution in [2.45, 2.75) is 19.8 Å². The van der Waals surface area contributed by atoms with Gasteiger partial charge in [0.2, 0.25) is 0 Å². The monoisotopic (exact) mass is 381 g/mol. The number of benzene rings is 2. The Hall–Kier alpha value is -3.28. The van der Waals surface area contributed by atoms with Gasteiger partial charge in [0.15, 0.2) is 11.6 Å². The van der Waals surface area contributed by atoms with Gasteiger partial charge < -0.3 is 10.6 Å². The molecule has 3 aromatic rings. The molecule has 0 saturated heterocycles. The van der Waals surface area contributed by atoms with Gasteiger partial charge in [-0.05, 0) is 48.2 Å². The van der Waals surface area contributed by atoms with Crippen LogP contribution in [0.2, 0.25) is 0 Å². The van der Waals surface area contributed by atoms with Gasteiger partial charge in [-0.3, -0.25) is 4.79 Å². The zero-order valence-corrected chi connectivity index (χ0v) is 15.5. The van der Waals surface area contributed by atoms with E-state index in [1.54, 1.807) is 12.1 Å². The molecule has 28 heavy (non-hydrogen) atoms. The number of halogens is 2. The number of aryl methyl sites for hydroxylation is 1. The average Bonchev–Trinajstić information content (AvgIpc) is 2.71. The molecule has 144 valence electrons. The topological polar surface area (TPSA) is 54.0 Å². The minimum Gasteiger partial charge on any atom is -0.370 e. The Bertz CT molecular complexity index is 958. The van der Waals surface area contributed by atoms with Crippen LogP contribution in [0, 0.1) is 11.6 Å². The molecule has 1 aromatic heterocycles. The van der Waals surface area contributed by atoms with E-state index in [4.69, 9.17) is 0 Å². The highest BCUT2D eigenvalue weighted by Gasteiger charge is 2.09. The number of carbonyl (C=O) groups excluding carboxylic acids is 1. The van der Waals surface area contributed by atoms with Crippen LogP contribution < -0.4 is 10.6 Å². The number of amides is 1. The van der Waals surface area contributed by atoms with Crippen LogP contribution in [0.3, 0.4) is 0 Å². The van der Waals surface area contributed by atoms with E-state index in [0.717, 1.165) is 25.0 Å². The molecule has 2 N–H and O–H groups in total. The van der Waals surface area contributed by atoms with Crippen molar-refractivity contribution in [1.29, 1.82) is 0 Å². The second-order valence-corrected chi connectivity index (χ2v) is 6.36. The molecule has 3 rings (SSSR count). The Morgan fingerprint density at radius 2 is 1.71 bits per heavy atom. The van der Waals surface area contributed by atoms with Gasteiger partial charge in [0.05, 0.1) is 0 Å². The third kappa shape index (κ3) is 5.13. The highest BCUT2D eigenvalue weighted by molar-refractivity contribution is 6.04. The predicted octanol–water partition coefficient (Wildman–Crippen LogP) is 4.83. The summed E-state index contributed by atoms with van der Waals surface area (Å²) in [7, 11) is 0. The Morgan fingerprint density at radius 3 is 2.43 bits per heavy atom. The smallest absolute Gasteiger partial charge is 0.255 e. The van der Waals surface area contributed by atoms with Gasteiger partial charge in [-0.2, -0.15) is 0 Å². The van der Waals surface area contributed by atoms with Crippen molar-refractivity contribution in [3.05, 3.63) is 89.1 Å². The molecule has 1 heterocycles. The maximum atomic E-state index is 13.3. The fourth-order valence-electron chi connectivity index (χ4n) is 2.72. The zero-order valence-electron chi connectivity index (χ0n) is 15.5. The number of hydrogen-bond donors (Lipinski definition) is 2. The van der Waals surface area contributed by atoms with Gasteiger partial charge in [-0.1, -0.05) is 31.2 Å². The highest BCUT2D eigenvalue weighted by Crippen LogP contribution is 2.15. The molecule has 0 aliphatic heterocycles. The molecule has 4 nitrogen and oxygen atoms in total. The van der Waals surface area contributed by atoms with Crippen LogP contribution in [0.25, 0.3) is 0 Å². The maximum Gasteiger partial charge on any atom is 0.255 e. The van der Waals surface area contributed by atoms with Crippen LogP contribution in [-0.2, 0) is 12.8 Å². The minimum absolute atomic E-state index is 0.186. The molecule has 0 aliphatic rings. The number of aromatic nitrogens is 1. The molecule has 0 saturated carbocycles. The summed E-state index contributed by atoms with van der Waals surface area (Å²) in [4.78, 5) is 16.5. The van der Waals surface area contributed by atoms with Crippen LogP contribution in [0.1, 0.15) is 28.4 Å². The third-order valence-electron chi connectivity index (χ3n) is 4.35. The summed E-state index contributed by atoms with van der Waals surface area (Å²) in [5.74, 6) is -1.82. The molecule has 0 spiro atoms. The molecule has 1 amide bonds. The molecule has 0 fully saturated rings. The summed E-state index contributed by atoms with van der Waals surface area (Å²) in [6.45, 7) is 2.80. The van der Waals surface area contributed by atoms with Gasteiger partial charge in [0, 0.05) is 30.1 Å². The molecular formula is C22H21F2N3O. The van der Waals surface area contributed by atoms with Crippen LogP contribution in [-0.4, -0.2) is 17.4 Å². The Kier molecular flexibility index (Phi) is 6.32. The highest BCUT2D eigenvalue weighted by atomic mass is 19.2. The van der Waals surface area contributed by atoms with Crippen molar-refractivity contribution in [1.82, 2.24) is 4.98 Å². The first-order chi connectivity index (χ1) is 13.5. The summed E-state index contributed by atoms with van der Waals surface area (Å²) in [5, 5.41) is 5.74. The summed E-state index contributed by atoms with van der Waals surface area (Å²) in [6.07, 6.45) is 3.37. The summed E-state index contributed by atoms with van der Waals surface area (Å²) in [5.41, 5.74) is 3.08. The normalized spacial score (nSPS) is 10.5. The van der Waals surface area contributed by atoms with Crippen LogP contribution in [0.5, 0.6) is 0 Å². The lowest BCUT2D eigenvalue weighted by Crippen LogP contribution is -2.13. The van der Waals surface area contributed by atoms with Crippen molar-refractivity contribution < 1.29 is 13.6 Å². The van der Waals surface area contributed by atoms with Crippen LogP contribution in [0.4, 0.5) is 20.3 Å². The van der Waals surface area contributed by atoms with Gasteiger partial charge in [0.25, 0.3) is 5.91 Å². The van der Waals surface area contributed by atoms with E-state index in [0.29, 0.717) is 17.9 Å². The lowest BCUT2D eigenvalue weighted by atomic mass is 10.1. The van der Waals surface area contributed by atoms with Crippen LogP contribution in [0.15, 0.2) is 60.8 Å². The summed E-state index contributed by atoms with van der Waals surface area (Å²) < 4.78 is 26.3. The van der Waals surface area contributed by atoms with Gasteiger partial charge in [-0.15, -0.1) is 0 Å². The zero-order chi connectivity index (χ0) is 19.9. The van der Waals surface area contributed by atoms with E-state index >= 15 is 0 Å². The quantitative estimate of drug-likeness (QED) is 0.616. The van der Waals surface area contributed by atoms with E-state index in [1.165, 1.54) is 23.4 Å². The molecular weight excluding hydrogens is 360 g/mol. The van der Waals surface area contributed by atoms with Crippen molar-refractivity contribution in [3.63, 3.8) is 0 Å². The largest absolute Gasteiger partial charge is 0.370 e. The van der Waals surface area contributed by atoms with E-state index in [2.05, 4.69) is 46.8 Å². The Balaban J connectivity index is 1.58. The fourth-order valence-corrected chi connectivity index (χ4v) is 2.72. The molecule has 0 bridgehead atoms. The number of anilines is 2. The lowest BCUT2D eigenvalue weighted by Gasteiger charge is -2.09. The van der Waals surface area contributed by atoms with Crippen molar-refractivity contribution >= 4 is 17.4 Å². The Morgan fingerprint density at radius 1 is 0.964 bits per heavy atom. The first-order valence-electron chi connectivity index (χ1n) is 9.09. The van der Waals surface area contributed by atoms with Crippen molar-refractivity contribution in [2.75, 3.05) is 17.2 Å². The first kappa shape index (κ1) is 19.5. The average molecular weight is 381 g/mol. The number of hydrogen-bond acceptors (Lipinski definition) is 3. The molecule has 6 heteroatoms. The Labute approximate surface area is 162 Å². The predicted molar refractivity (Wildman–Crippen MR) is 107 cm³/mol. The number of carbonyl (C=O) groups is 1. The first-order valence-corrected chi connectivity index (χ1v) is 9.09. The number of rotatable bonds is 7. The second kappa shape index (κ2) is 9.08. The van der Waals surface area contributed by atoms with Crippen molar-refractivity contribution in [2.24, 2.45) is 0 Å². The van der Waals surface area contributed by atoms with Crippen molar-refractivity contribution in [3.8, 4) is 0 Å². The second-order valence-electron chi connectivity index (χ2n) is 6.36. The van der Waals surface area contributed by atoms with Gasteiger partial charge in [0.1, 0.15) is 5.82 Å². The van der Waals surface area contributed by atoms with Gasteiger partial charge >= 0.3 is 0 Å². The van der Waals surface area contributed by atoms with Gasteiger partial charge in [-0.25, -0.2) is 13.8 Å². The van der Waals surface area contributed by atoms with E-state index < -0.39 is 17.5 Å². The van der Waals surface area contributed by atoms with E-state index in [-0.39, 0.29) is 5.69 Å². The minimum atomic E-state index is -1.01. The molecule has 0 radical (unpaired) electrons. The summed E-state index contributed by atoms with van der Waals surface area (Å²) >= 11 is 0. The number of nitrogens with zero attached hydrogens (tertiary/aromatic N) is 1. The molecule has 0 atom stereocenters. The standard InChI is InChI=1S/C22H21F2N3O/c1-2-15-3-5-16(6-4-15)9-11-25-21-13-17(10-12-26-21)22(28)27-18-7-8-19(23)20(24)14-18/h3-8,10,12-14H,2,9,11H2,1H3,(H,25,26)(H,27,28). The molecule has 0 aliphatic carbocycles. The lowest BCUT2D eigenvalue weighted by molar-refractivity contribution is 0.102. The number of nitrogens with one attached hydrogen (secondary N) is 2. The third-order valence-corrected chi connectivity index (χ3v) is 4.35. The summed E-state index contributed by atoms with van der Waals surface area (Å²) in [6, 6.07) is 14.9. The maximum absolute atomic E-state index is 13.3. The molecule has 2 aromatic carbocycles. The number of pyridine rings is 1. The van der Waals surface area contributed by atoms with E-state index in [9.17, 15) is 13.6 Å². The molecule has 0 unspecified atom stereocenters. The fraction of sp³-hybridized carbons (Fsp3) is 0.182. The van der Waals surface area contributed by atoms with E-state index in [1.807, 2.05) is 0 Å². The SMILES string of the molecule is CCc1ccc(CCNc2cc(C(=O)Nc3ccc(F)c(F)c3)ccn2)cc1.